The molecule has 2 aromatic carbocycles. The molecule has 2 aromatic heterocycles. The summed E-state index contributed by atoms with van der Waals surface area (Å²) >= 11 is 0. The van der Waals surface area contributed by atoms with Crippen molar-refractivity contribution in [1.82, 2.24) is 4.57 Å². The quantitative estimate of drug-likeness (QED) is 0.524. The second kappa shape index (κ2) is 6.49. The van der Waals surface area contributed by atoms with Crippen LogP contribution < -0.4 is 5.56 Å². The summed E-state index contributed by atoms with van der Waals surface area (Å²) in [6.07, 6.45) is 2.88. The third-order valence-electron chi connectivity index (χ3n) is 4.75. The zero-order valence-electron chi connectivity index (χ0n) is 15.8. The van der Waals surface area contributed by atoms with Crippen molar-refractivity contribution in [3.05, 3.63) is 76.7 Å². The number of rotatable bonds is 3. The maximum absolute atomic E-state index is 12.2. The van der Waals surface area contributed by atoms with Gasteiger partial charge in [0.05, 0.1) is 4.90 Å². The molecule has 0 N–H and O–H groups in total. The zero-order valence-corrected chi connectivity index (χ0v) is 16.6. The number of benzene rings is 2. The summed E-state index contributed by atoms with van der Waals surface area (Å²) < 4.78 is 32.1. The molecule has 0 saturated carbocycles. The van der Waals surface area contributed by atoms with Gasteiger partial charge < -0.3 is 8.98 Å². The van der Waals surface area contributed by atoms with Gasteiger partial charge in [0.2, 0.25) is 0 Å². The Labute approximate surface area is 162 Å². The van der Waals surface area contributed by atoms with E-state index in [1.807, 2.05) is 36.4 Å². The Balaban J connectivity index is 2.06. The Kier molecular flexibility index (Phi) is 4.23. The first-order valence-corrected chi connectivity index (χ1v) is 10.6. The number of aromatic nitrogens is 1. The summed E-state index contributed by atoms with van der Waals surface area (Å²) in [5.74, 6) is 0.657. The number of nitrogens with zero attached hydrogens (tertiary/aromatic N) is 1. The third-order valence-corrected chi connectivity index (χ3v) is 5.84. The molecular weight excluding hydrogens is 374 g/mol. The van der Waals surface area contributed by atoms with Crippen LogP contribution in [0.3, 0.4) is 0 Å². The highest BCUT2D eigenvalue weighted by Gasteiger charge is 2.18. The van der Waals surface area contributed by atoms with Gasteiger partial charge in [-0.1, -0.05) is 30.3 Å². The predicted octanol–water partition coefficient (Wildman–Crippen LogP) is 4.18. The van der Waals surface area contributed by atoms with Gasteiger partial charge in [0.15, 0.2) is 9.84 Å². The van der Waals surface area contributed by atoms with Crippen molar-refractivity contribution in [2.45, 2.75) is 11.8 Å². The fourth-order valence-corrected chi connectivity index (χ4v) is 4.00. The Morgan fingerprint density at radius 2 is 1.68 bits per heavy atom. The van der Waals surface area contributed by atoms with Crippen molar-refractivity contribution in [1.29, 1.82) is 0 Å². The summed E-state index contributed by atoms with van der Waals surface area (Å²) in [7, 11) is -1.74. The van der Waals surface area contributed by atoms with Crippen LogP contribution in [0.4, 0.5) is 0 Å². The molecule has 0 radical (unpaired) electrons. The van der Waals surface area contributed by atoms with Crippen molar-refractivity contribution in [3.63, 3.8) is 0 Å². The monoisotopic (exact) mass is 393 g/mol. The van der Waals surface area contributed by atoms with Crippen LogP contribution in [-0.4, -0.2) is 19.2 Å². The highest BCUT2D eigenvalue weighted by molar-refractivity contribution is 7.90. The van der Waals surface area contributed by atoms with Crippen LogP contribution in [0.15, 0.2) is 74.9 Å². The normalized spacial score (nSPS) is 11.8. The van der Waals surface area contributed by atoms with Crippen LogP contribution in [0.1, 0.15) is 5.56 Å². The molecule has 0 aliphatic rings. The third kappa shape index (κ3) is 3.16. The van der Waals surface area contributed by atoms with Crippen LogP contribution in [0.2, 0.25) is 0 Å². The van der Waals surface area contributed by atoms with Gasteiger partial charge in [-0.3, -0.25) is 4.79 Å². The lowest BCUT2D eigenvalue weighted by atomic mass is 10.0. The lowest BCUT2D eigenvalue weighted by Gasteiger charge is -2.09. The van der Waals surface area contributed by atoms with Gasteiger partial charge in [0.25, 0.3) is 5.56 Å². The van der Waals surface area contributed by atoms with E-state index in [0.717, 1.165) is 11.1 Å². The van der Waals surface area contributed by atoms with Gasteiger partial charge in [-0.15, -0.1) is 0 Å². The molecule has 6 heteroatoms. The van der Waals surface area contributed by atoms with Crippen LogP contribution in [-0.2, 0) is 16.9 Å². The summed E-state index contributed by atoms with van der Waals surface area (Å²) in [5, 5.41) is 0.697. The molecule has 0 saturated heterocycles. The van der Waals surface area contributed by atoms with Crippen LogP contribution in [0.5, 0.6) is 0 Å². The first-order chi connectivity index (χ1) is 13.2. The average molecular weight is 393 g/mol. The standard InChI is InChI=1S/C22H19NO4S/c1-14-9-17(13-23(2)22(14)24)19-12-18(28(3,25)26)10-16-11-20(27-21(16)19)15-7-5-4-6-8-15/h4-13H,1-3H3. The number of fused-ring (bicyclic) bond motifs is 1. The maximum atomic E-state index is 12.2. The first-order valence-electron chi connectivity index (χ1n) is 8.75. The molecule has 142 valence electrons. The van der Waals surface area contributed by atoms with E-state index < -0.39 is 9.84 Å². The summed E-state index contributed by atoms with van der Waals surface area (Å²) in [4.78, 5) is 12.3. The van der Waals surface area contributed by atoms with Gasteiger partial charge in [0.1, 0.15) is 11.3 Å². The predicted molar refractivity (Wildman–Crippen MR) is 110 cm³/mol. The Morgan fingerprint density at radius 1 is 0.964 bits per heavy atom. The van der Waals surface area contributed by atoms with Gasteiger partial charge in [-0.05, 0) is 31.2 Å². The first kappa shape index (κ1) is 18.3. The van der Waals surface area contributed by atoms with E-state index in [2.05, 4.69) is 0 Å². The van der Waals surface area contributed by atoms with E-state index in [-0.39, 0.29) is 10.5 Å². The molecule has 4 rings (SSSR count). The minimum absolute atomic E-state index is 0.0938. The second-order valence-corrected chi connectivity index (χ2v) is 8.98. The van der Waals surface area contributed by atoms with Crippen molar-refractivity contribution in [2.75, 3.05) is 6.26 Å². The lowest BCUT2D eigenvalue weighted by Crippen LogP contribution is -2.18. The Hall–Kier alpha value is -3.12. The van der Waals surface area contributed by atoms with E-state index in [9.17, 15) is 13.2 Å². The molecule has 0 bridgehead atoms. The highest BCUT2D eigenvalue weighted by atomic mass is 32.2. The van der Waals surface area contributed by atoms with E-state index in [4.69, 9.17) is 4.42 Å². The van der Waals surface area contributed by atoms with Gasteiger partial charge >= 0.3 is 0 Å². The highest BCUT2D eigenvalue weighted by Crippen LogP contribution is 2.36. The van der Waals surface area contributed by atoms with Gasteiger partial charge in [-0.25, -0.2) is 8.42 Å². The molecule has 5 nitrogen and oxygen atoms in total. The largest absolute Gasteiger partial charge is 0.455 e. The van der Waals surface area contributed by atoms with Crippen LogP contribution >= 0.6 is 0 Å². The molecular formula is C22H19NO4S. The summed E-state index contributed by atoms with van der Waals surface area (Å²) in [6, 6.07) is 16.5. The summed E-state index contributed by atoms with van der Waals surface area (Å²) in [6.45, 7) is 1.74. The van der Waals surface area contributed by atoms with Crippen molar-refractivity contribution >= 4 is 20.8 Å². The molecule has 4 aromatic rings. The molecule has 0 fully saturated rings. The average Bonchev–Trinajstić information content (AvgIpc) is 3.09. The van der Waals surface area contributed by atoms with E-state index in [1.54, 1.807) is 38.4 Å². The number of sulfone groups is 1. The number of aryl methyl sites for hydroxylation is 2. The minimum atomic E-state index is -3.42. The van der Waals surface area contributed by atoms with Gasteiger partial charge in [-0.2, -0.15) is 0 Å². The number of hydrogen-bond acceptors (Lipinski definition) is 4. The van der Waals surface area contributed by atoms with E-state index in [0.29, 0.717) is 27.9 Å². The molecule has 0 amide bonds. The molecule has 0 aliphatic carbocycles. The number of hydrogen-bond donors (Lipinski definition) is 0. The van der Waals surface area contributed by atoms with Crippen molar-refractivity contribution in [2.24, 2.45) is 7.05 Å². The number of pyridine rings is 1. The molecule has 0 spiro atoms. The van der Waals surface area contributed by atoms with Crippen molar-refractivity contribution in [3.8, 4) is 22.5 Å². The molecule has 0 unspecified atom stereocenters. The fourth-order valence-electron chi connectivity index (χ4n) is 3.32. The van der Waals surface area contributed by atoms with Crippen molar-refractivity contribution < 1.29 is 12.8 Å². The second-order valence-electron chi connectivity index (χ2n) is 6.97. The maximum Gasteiger partial charge on any atom is 0.253 e. The smallest absolute Gasteiger partial charge is 0.253 e. The number of furan rings is 1. The summed E-state index contributed by atoms with van der Waals surface area (Å²) in [5.41, 5.74) is 3.34. The van der Waals surface area contributed by atoms with Crippen LogP contribution in [0.25, 0.3) is 33.4 Å². The SMILES string of the molecule is Cc1cc(-c2cc(S(C)(=O)=O)cc3cc(-c4ccccc4)oc23)cn(C)c1=O. The molecule has 0 aliphatic heterocycles. The molecule has 0 atom stereocenters. The van der Waals surface area contributed by atoms with E-state index in [1.165, 1.54) is 10.8 Å². The zero-order chi connectivity index (χ0) is 20.1. The molecule has 2 heterocycles. The Morgan fingerprint density at radius 3 is 2.32 bits per heavy atom. The van der Waals surface area contributed by atoms with E-state index >= 15 is 0 Å². The van der Waals surface area contributed by atoms with Crippen LogP contribution in [0, 0.1) is 6.92 Å². The minimum Gasteiger partial charge on any atom is -0.455 e. The lowest BCUT2D eigenvalue weighted by molar-refractivity contribution is 0.602. The molecule has 28 heavy (non-hydrogen) atoms. The Bertz CT molecular complexity index is 1340. The van der Waals surface area contributed by atoms with Gasteiger partial charge in [0, 0.05) is 47.1 Å². The topological polar surface area (TPSA) is 69.3 Å². The fraction of sp³-hybridized carbons (Fsp3) is 0.136.